The molecule has 26 heavy (non-hydrogen) atoms. The lowest BCUT2D eigenvalue weighted by molar-refractivity contribution is -0.0366. The lowest BCUT2D eigenvalue weighted by atomic mass is 10.1. The van der Waals surface area contributed by atoms with Crippen molar-refractivity contribution in [1.29, 1.82) is 0 Å². The first-order valence-electron chi connectivity index (χ1n) is 8.66. The van der Waals surface area contributed by atoms with Crippen LogP contribution >= 0.6 is 27.5 Å². The second-order valence-electron chi connectivity index (χ2n) is 7.02. The summed E-state index contributed by atoms with van der Waals surface area (Å²) < 4.78 is 36.0. The summed E-state index contributed by atoms with van der Waals surface area (Å²) in [5, 5.41) is 6.18. The van der Waals surface area contributed by atoms with Crippen LogP contribution in [0, 0.1) is 5.92 Å². The molecule has 2 aliphatic rings. The van der Waals surface area contributed by atoms with Gasteiger partial charge in [-0.25, -0.2) is 4.68 Å². The molecule has 0 spiro atoms. The molecule has 2 heterocycles. The zero-order valence-electron chi connectivity index (χ0n) is 14.3. The van der Waals surface area contributed by atoms with Gasteiger partial charge < -0.3 is 4.74 Å². The number of benzene rings is 1. The Bertz CT molecular complexity index is 940. The Morgan fingerprint density at radius 2 is 2.27 bits per heavy atom. The zero-order chi connectivity index (χ0) is 18.5. The molecule has 1 saturated carbocycles. The van der Waals surface area contributed by atoms with E-state index < -0.39 is 10.1 Å². The van der Waals surface area contributed by atoms with E-state index >= 15 is 0 Å². The number of aromatic nitrogens is 2. The first-order valence-corrected chi connectivity index (χ1v) is 11.6. The van der Waals surface area contributed by atoms with Gasteiger partial charge in [-0.3, -0.25) is 4.18 Å². The van der Waals surface area contributed by atoms with Crippen molar-refractivity contribution in [3.8, 4) is 0 Å². The minimum atomic E-state index is -3.42. The summed E-state index contributed by atoms with van der Waals surface area (Å²) in [7, 11) is -3.42. The quantitative estimate of drug-likeness (QED) is 0.621. The molecule has 0 unspecified atom stereocenters. The summed E-state index contributed by atoms with van der Waals surface area (Å²) in [6.07, 6.45) is 6.88. The van der Waals surface area contributed by atoms with E-state index in [1.54, 1.807) is 0 Å². The van der Waals surface area contributed by atoms with Crippen molar-refractivity contribution < 1.29 is 17.3 Å². The monoisotopic (exact) mass is 462 g/mol. The second kappa shape index (κ2) is 7.05. The molecule has 2 fully saturated rings. The molecule has 0 amide bonds. The molecule has 3 atom stereocenters. The molecular weight excluding hydrogens is 444 g/mol. The van der Waals surface area contributed by atoms with E-state index in [4.69, 9.17) is 20.5 Å². The highest BCUT2D eigenvalue weighted by Gasteiger charge is 2.42. The Balaban J connectivity index is 1.62. The van der Waals surface area contributed by atoms with Gasteiger partial charge in [0.1, 0.15) is 0 Å². The lowest BCUT2D eigenvalue weighted by Crippen LogP contribution is -2.19. The van der Waals surface area contributed by atoms with Gasteiger partial charge in [-0.15, -0.1) is 0 Å². The largest absolute Gasteiger partial charge is 0.356 e. The number of hydrogen-bond donors (Lipinski definition) is 0. The first kappa shape index (κ1) is 18.7. The van der Waals surface area contributed by atoms with Crippen LogP contribution < -0.4 is 0 Å². The molecule has 1 aliphatic carbocycles. The van der Waals surface area contributed by atoms with Gasteiger partial charge in [-0.2, -0.15) is 13.5 Å². The predicted molar refractivity (Wildman–Crippen MR) is 103 cm³/mol. The lowest BCUT2D eigenvalue weighted by Gasteiger charge is -2.23. The Morgan fingerprint density at radius 1 is 1.46 bits per heavy atom. The standard InChI is InChI=1S/C17H20BrClN2O4S/c1-26(22,23)25-9-10-6-11(10)16-13(19)7-14-12(17(16)18)8-20-21(14)15-4-2-3-5-24-15/h7-8,10-11,15H,2-6,9H2,1H3/t10-,11-,15+/m0/s1. The molecule has 1 aliphatic heterocycles. The molecule has 0 bridgehead atoms. The van der Waals surface area contributed by atoms with Crippen molar-refractivity contribution in [3.05, 3.63) is 27.3 Å². The molecule has 1 saturated heterocycles. The molecule has 1 aromatic carbocycles. The SMILES string of the molecule is CS(=O)(=O)OC[C@@H]1C[C@@H]1c1c(Cl)cc2c(cnn2[C@H]2CCCCO2)c1Br. The third-order valence-corrected chi connectivity index (χ3v) is 6.78. The normalized spacial score (nSPS) is 26.3. The maximum Gasteiger partial charge on any atom is 0.264 e. The van der Waals surface area contributed by atoms with Crippen LogP contribution in [-0.2, 0) is 19.0 Å². The molecular formula is C17H20BrClN2O4S. The van der Waals surface area contributed by atoms with E-state index in [0.29, 0.717) is 5.02 Å². The fourth-order valence-electron chi connectivity index (χ4n) is 3.61. The molecule has 4 rings (SSSR count). The Labute approximate surface area is 166 Å². The topological polar surface area (TPSA) is 70.4 Å². The second-order valence-corrected chi connectivity index (χ2v) is 9.86. The van der Waals surface area contributed by atoms with Gasteiger partial charge in [0.05, 0.1) is 24.6 Å². The highest BCUT2D eigenvalue weighted by atomic mass is 79.9. The van der Waals surface area contributed by atoms with E-state index in [1.807, 2.05) is 16.9 Å². The number of halogens is 2. The first-order chi connectivity index (χ1) is 12.3. The number of fused-ring (bicyclic) bond motifs is 1. The molecule has 9 heteroatoms. The number of ether oxygens (including phenoxy) is 1. The summed E-state index contributed by atoms with van der Waals surface area (Å²) >= 11 is 10.3. The number of rotatable bonds is 5. The summed E-state index contributed by atoms with van der Waals surface area (Å²) in [4.78, 5) is 0. The predicted octanol–water partition coefficient (Wildman–Crippen LogP) is 4.23. The number of hydrogen-bond acceptors (Lipinski definition) is 5. The minimum absolute atomic E-state index is 0.0492. The third kappa shape index (κ3) is 3.67. The highest BCUT2D eigenvalue weighted by Crippen LogP contribution is 2.53. The summed E-state index contributed by atoms with van der Waals surface area (Å²) in [5.41, 5.74) is 1.95. The van der Waals surface area contributed by atoms with Gasteiger partial charge in [-0.1, -0.05) is 11.6 Å². The molecule has 142 valence electrons. The summed E-state index contributed by atoms with van der Waals surface area (Å²) in [6, 6.07) is 1.94. The van der Waals surface area contributed by atoms with Crippen molar-refractivity contribution in [3.63, 3.8) is 0 Å². The maximum absolute atomic E-state index is 11.2. The van der Waals surface area contributed by atoms with E-state index in [-0.39, 0.29) is 24.7 Å². The van der Waals surface area contributed by atoms with Gasteiger partial charge in [-0.05, 0) is 65.1 Å². The van der Waals surface area contributed by atoms with E-state index in [0.717, 1.165) is 59.5 Å². The fraction of sp³-hybridized carbons (Fsp3) is 0.588. The van der Waals surface area contributed by atoms with Crippen molar-refractivity contribution in [2.24, 2.45) is 5.92 Å². The average molecular weight is 464 g/mol. The van der Waals surface area contributed by atoms with Crippen LogP contribution in [0.4, 0.5) is 0 Å². The van der Waals surface area contributed by atoms with Crippen LogP contribution in [0.25, 0.3) is 10.9 Å². The van der Waals surface area contributed by atoms with Crippen LogP contribution in [0.15, 0.2) is 16.7 Å². The van der Waals surface area contributed by atoms with Crippen molar-refractivity contribution in [2.45, 2.75) is 37.8 Å². The summed E-state index contributed by atoms with van der Waals surface area (Å²) in [6.45, 7) is 0.947. The Kier molecular flexibility index (Phi) is 5.07. The van der Waals surface area contributed by atoms with Crippen molar-refractivity contribution in [2.75, 3.05) is 19.5 Å². The maximum atomic E-state index is 11.2. The molecule has 2 aromatic rings. The number of nitrogens with zero attached hydrogens (tertiary/aromatic N) is 2. The summed E-state index contributed by atoms with van der Waals surface area (Å²) in [5.74, 6) is 0.352. The van der Waals surface area contributed by atoms with Gasteiger partial charge >= 0.3 is 0 Å². The molecule has 1 aromatic heterocycles. The van der Waals surface area contributed by atoms with Gasteiger partial charge in [0.15, 0.2) is 6.23 Å². The fourth-order valence-corrected chi connectivity index (χ4v) is 5.30. The van der Waals surface area contributed by atoms with E-state index in [9.17, 15) is 8.42 Å². The highest BCUT2D eigenvalue weighted by molar-refractivity contribution is 9.10. The molecule has 0 N–H and O–H groups in total. The van der Waals surface area contributed by atoms with E-state index in [2.05, 4.69) is 21.0 Å². The average Bonchev–Trinajstić information content (AvgIpc) is 3.22. The Hall–Kier alpha value is -0.670. The third-order valence-electron chi connectivity index (χ3n) is 5.05. The van der Waals surface area contributed by atoms with Crippen LogP contribution in [0.1, 0.15) is 43.4 Å². The smallest absolute Gasteiger partial charge is 0.264 e. The minimum Gasteiger partial charge on any atom is -0.356 e. The van der Waals surface area contributed by atoms with Crippen LogP contribution in [0.2, 0.25) is 5.02 Å². The molecule has 6 nitrogen and oxygen atoms in total. The van der Waals surface area contributed by atoms with Crippen LogP contribution in [0.3, 0.4) is 0 Å². The van der Waals surface area contributed by atoms with E-state index in [1.165, 1.54) is 0 Å². The van der Waals surface area contributed by atoms with Crippen molar-refractivity contribution >= 4 is 48.6 Å². The van der Waals surface area contributed by atoms with Gasteiger partial charge in [0.25, 0.3) is 10.1 Å². The van der Waals surface area contributed by atoms with Crippen LogP contribution in [-0.4, -0.2) is 37.7 Å². The van der Waals surface area contributed by atoms with Gasteiger partial charge in [0.2, 0.25) is 0 Å². The Morgan fingerprint density at radius 3 is 2.96 bits per heavy atom. The van der Waals surface area contributed by atoms with Crippen LogP contribution in [0.5, 0.6) is 0 Å². The zero-order valence-corrected chi connectivity index (χ0v) is 17.5. The van der Waals surface area contributed by atoms with Crippen molar-refractivity contribution in [1.82, 2.24) is 9.78 Å². The van der Waals surface area contributed by atoms with Gasteiger partial charge in [0, 0.05) is 21.5 Å². The molecule has 0 radical (unpaired) electrons.